The Bertz CT molecular complexity index is 774. The summed E-state index contributed by atoms with van der Waals surface area (Å²) in [5.74, 6) is 0.0954. The molecule has 0 unspecified atom stereocenters. The van der Waals surface area contributed by atoms with Gasteiger partial charge in [0.25, 0.3) is 10.0 Å². The molecule has 19 heavy (non-hydrogen) atoms. The van der Waals surface area contributed by atoms with Crippen LogP contribution in [-0.4, -0.2) is 28.4 Å². The molecule has 2 N–H and O–H groups in total. The Kier molecular flexibility index (Phi) is 3.23. The fourth-order valence-electron chi connectivity index (χ4n) is 1.47. The molecule has 98 valence electrons. The molecule has 0 radical (unpaired) electrons. The van der Waals surface area contributed by atoms with E-state index in [1.807, 2.05) is 0 Å². The van der Waals surface area contributed by atoms with E-state index in [-0.39, 0.29) is 22.2 Å². The van der Waals surface area contributed by atoms with Crippen LogP contribution in [0.15, 0.2) is 17.2 Å². The summed E-state index contributed by atoms with van der Waals surface area (Å²) in [5, 5.41) is 25.0. The first-order valence-electron chi connectivity index (χ1n) is 4.86. The van der Waals surface area contributed by atoms with Crippen molar-refractivity contribution < 1.29 is 8.42 Å². The van der Waals surface area contributed by atoms with Crippen LogP contribution >= 0.6 is 11.6 Å². The van der Waals surface area contributed by atoms with Crippen LogP contribution in [0.5, 0.6) is 0 Å². The van der Waals surface area contributed by atoms with E-state index in [9.17, 15) is 8.42 Å². The van der Waals surface area contributed by atoms with Crippen molar-refractivity contribution >= 4 is 21.6 Å². The number of hydrogen-bond acceptors (Lipinski definition) is 6. The van der Waals surface area contributed by atoms with E-state index in [0.29, 0.717) is 0 Å². The first kappa shape index (κ1) is 13.4. The number of sulfonamides is 1. The van der Waals surface area contributed by atoms with E-state index in [0.717, 1.165) is 4.68 Å². The second-order valence-electron chi connectivity index (χ2n) is 3.55. The molecule has 0 amide bonds. The van der Waals surface area contributed by atoms with Gasteiger partial charge in [-0.3, -0.25) is 0 Å². The number of halogens is 1. The predicted octanol–water partition coefficient (Wildman–Crippen LogP) is 0.143. The second-order valence-corrected chi connectivity index (χ2v) is 5.41. The van der Waals surface area contributed by atoms with Crippen LogP contribution in [0, 0.1) is 18.3 Å². The van der Waals surface area contributed by atoms with Crippen LogP contribution in [0.4, 0.5) is 0 Å². The first-order valence-corrected chi connectivity index (χ1v) is 6.79. The van der Waals surface area contributed by atoms with Gasteiger partial charge in [-0.25, -0.2) is 13.6 Å². The van der Waals surface area contributed by atoms with E-state index >= 15 is 0 Å². The Morgan fingerprint density at radius 3 is 2.58 bits per heavy atom. The number of nitrogens with two attached hydrogens (primary N) is 1. The molecule has 2 aromatic heterocycles. The molecule has 0 saturated carbocycles. The molecule has 10 heteroatoms. The van der Waals surface area contributed by atoms with E-state index < -0.39 is 15.0 Å². The summed E-state index contributed by atoms with van der Waals surface area (Å²) in [6, 6.07) is 4.59. The Morgan fingerprint density at radius 2 is 2.11 bits per heavy atom. The molecule has 0 aliphatic heterocycles. The minimum atomic E-state index is -4.14. The molecule has 2 heterocycles. The van der Waals surface area contributed by atoms with E-state index in [2.05, 4.69) is 15.3 Å². The maximum absolute atomic E-state index is 11.6. The van der Waals surface area contributed by atoms with Gasteiger partial charge in [0.1, 0.15) is 11.6 Å². The molecule has 0 spiro atoms. The van der Waals surface area contributed by atoms with Crippen LogP contribution in [0.3, 0.4) is 0 Å². The number of aryl methyl sites for hydroxylation is 1. The molecule has 2 rings (SSSR count). The third-order valence-corrected chi connectivity index (χ3v) is 3.35. The largest absolute Gasteiger partial charge is 0.257 e. The quantitative estimate of drug-likeness (QED) is 0.840. The maximum Gasteiger partial charge on any atom is 0.257 e. The van der Waals surface area contributed by atoms with Gasteiger partial charge in [0, 0.05) is 0 Å². The van der Waals surface area contributed by atoms with Crippen molar-refractivity contribution in [1.29, 1.82) is 5.26 Å². The zero-order chi connectivity index (χ0) is 14.2. The maximum atomic E-state index is 11.6. The lowest BCUT2D eigenvalue weighted by Gasteiger charge is -2.03. The van der Waals surface area contributed by atoms with Gasteiger partial charge in [0.15, 0.2) is 16.0 Å². The second kappa shape index (κ2) is 4.58. The summed E-state index contributed by atoms with van der Waals surface area (Å²) in [6.45, 7) is 1.49. The molecular formula is C9H7ClN6O2S. The van der Waals surface area contributed by atoms with Crippen molar-refractivity contribution in [3.8, 4) is 11.9 Å². The molecule has 0 saturated heterocycles. The number of primary sulfonamides is 1. The Hall–Kier alpha value is -2.02. The topological polar surface area (TPSA) is 128 Å². The van der Waals surface area contributed by atoms with Crippen molar-refractivity contribution in [2.75, 3.05) is 0 Å². The fourth-order valence-corrected chi connectivity index (χ4v) is 2.43. The van der Waals surface area contributed by atoms with Gasteiger partial charge in [-0.15, -0.1) is 10.2 Å². The van der Waals surface area contributed by atoms with Gasteiger partial charge in [-0.2, -0.15) is 15.0 Å². The minimum absolute atomic E-state index is 0.0954. The molecule has 8 nitrogen and oxygen atoms in total. The predicted molar refractivity (Wildman–Crippen MR) is 65.0 cm³/mol. The lowest BCUT2D eigenvalue weighted by molar-refractivity contribution is 0.585. The SMILES string of the molecule is Cc1nn(-c2ccc(Cl)nn2)c(S(N)(=O)=O)c1C#N. The number of nitrogens with zero attached hydrogens (tertiary/aromatic N) is 5. The van der Waals surface area contributed by atoms with E-state index in [4.69, 9.17) is 22.0 Å². The molecule has 0 bridgehead atoms. The first-order chi connectivity index (χ1) is 8.84. The number of hydrogen-bond donors (Lipinski definition) is 1. The van der Waals surface area contributed by atoms with Crippen molar-refractivity contribution in [2.24, 2.45) is 5.14 Å². The van der Waals surface area contributed by atoms with Gasteiger partial charge in [-0.05, 0) is 19.1 Å². The Balaban J connectivity index is 2.79. The molecule has 2 aromatic rings. The minimum Gasteiger partial charge on any atom is -0.223 e. The van der Waals surface area contributed by atoms with Crippen molar-refractivity contribution in [3.05, 3.63) is 28.5 Å². The average molecular weight is 299 g/mol. The van der Waals surface area contributed by atoms with E-state index in [1.165, 1.54) is 19.1 Å². The molecular weight excluding hydrogens is 292 g/mol. The smallest absolute Gasteiger partial charge is 0.223 e. The zero-order valence-corrected chi connectivity index (χ0v) is 11.1. The number of nitriles is 1. The van der Waals surface area contributed by atoms with Gasteiger partial charge >= 0.3 is 0 Å². The Labute approximate surface area is 113 Å². The summed E-state index contributed by atoms with van der Waals surface area (Å²) in [5.41, 5.74) is 0.0996. The molecule has 0 aromatic carbocycles. The molecule has 0 atom stereocenters. The highest BCUT2D eigenvalue weighted by Gasteiger charge is 2.25. The summed E-state index contributed by atoms with van der Waals surface area (Å²) >= 11 is 5.59. The summed E-state index contributed by atoms with van der Waals surface area (Å²) in [4.78, 5) is 0. The highest BCUT2D eigenvalue weighted by molar-refractivity contribution is 7.89. The molecule has 0 aliphatic carbocycles. The number of aromatic nitrogens is 4. The van der Waals surface area contributed by atoms with E-state index in [1.54, 1.807) is 6.07 Å². The van der Waals surface area contributed by atoms with Crippen LogP contribution in [0.1, 0.15) is 11.3 Å². The van der Waals surface area contributed by atoms with Crippen LogP contribution in [0.25, 0.3) is 5.82 Å². The third-order valence-electron chi connectivity index (χ3n) is 2.23. The summed E-state index contributed by atoms with van der Waals surface area (Å²) in [6.07, 6.45) is 0. The highest BCUT2D eigenvalue weighted by atomic mass is 35.5. The van der Waals surface area contributed by atoms with Crippen LogP contribution in [-0.2, 0) is 10.0 Å². The van der Waals surface area contributed by atoms with Crippen molar-refractivity contribution in [1.82, 2.24) is 20.0 Å². The van der Waals surface area contributed by atoms with Gasteiger partial charge in [0.05, 0.1) is 5.69 Å². The van der Waals surface area contributed by atoms with Crippen LogP contribution < -0.4 is 5.14 Å². The fraction of sp³-hybridized carbons (Fsp3) is 0.111. The third kappa shape index (κ3) is 2.41. The molecule has 0 fully saturated rings. The van der Waals surface area contributed by atoms with Crippen LogP contribution in [0.2, 0.25) is 5.15 Å². The Morgan fingerprint density at radius 1 is 1.42 bits per heavy atom. The summed E-state index contributed by atoms with van der Waals surface area (Å²) in [7, 11) is -4.14. The number of rotatable bonds is 2. The standard InChI is InChI=1S/C9H7ClN6O2S/c1-5-6(4-11)9(19(12,17)18)16(15-5)8-3-2-7(10)13-14-8/h2-3H,1H3,(H2,12,17,18). The normalized spacial score (nSPS) is 11.3. The van der Waals surface area contributed by atoms with Crippen molar-refractivity contribution in [3.63, 3.8) is 0 Å². The molecule has 0 aliphatic rings. The highest BCUT2D eigenvalue weighted by Crippen LogP contribution is 2.20. The van der Waals surface area contributed by atoms with Gasteiger partial charge in [0.2, 0.25) is 0 Å². The van der Waals surface area contributed by atoms with Gasteiger partial charge in [-0.1, -0.05) is 11.6 Å². The van der Waals surface area contributed by atoms with Crippen molar-refractivity contribution in [2.45, 2.75) is 11.9 Å². The lowest BCUT2D eigenvalue weighted by Crippen LogP contribution is -2.19. The average Bonchev–Trinajstić information content (AvgIpc) is 2.66. The summed E-state index contributed by atoms with van der Waals surface area (Å²) < 4.78 is 24.1. The van der Waals surface area contributed by atoms with Gasteiger partial charge < -0.3 is 0 Å². The monoisotopic (exact) mass is 298 g/mol. The lowest BCUT2D eigenvalue weighted by atomic mass is 10.3. The zero-order valence-electron chi connectivity index (χ0n) is 9.57.